The normalized spacial score (nSPS) is 15.3. The molecule has 3 aromatic carbocycles. The predicted molar refractivity (Wildman–Crippen MR) is 160 cm³/mol. The largest absolute Gasteiger partial charge is 0.494 e. The van der Waals surface area contributed by atoms with Gasteiger partial charge < -0.3 is 9.64 Å². The van der Waals surface area contributed by atoms with Gasteiger partial charge >= 0.3 is 0 Å². The van der Waals surface area contributed by atoms with Gasteiger partial charge in [-0.3, -0.25) is 24.4 Å². The SMILES string of the molecule is C#Cc1ccc(OCCCCN2C(=O)c3cccc4c(N5CCN(Cc6ccccn6)CC5)ccc(c34)C2=O)cc1. The Labute approximate surface area is 240 Å². The van der Waals surface area contributed by atoms with Crippen molar-refractivity contribution in [1.82, 2.24) is 14.8 Å². The van der Waals surface area contributed by atoms with Gasteiger partial charge in [0.05, 0.1) is 12.3 Å². The average molecular weight is 545 g/mol. The lowest BCUT2D eigenvalue weighted by Gasteiger charge is -2.37. The molecular weight excluding hydrogens is 512 g/mol. The third-order valence-electron chi connectivity index (χ3n) is 7.86. The molecule has 6 rings (SSSR count). The van der Waals surface area contributed by atoms with Crippen molar-refractivity contribution in [3.8, 4) is 18.1 Å². The van der Waals surface area contributed by atoms with Gasteiger partial charge in [-0.05, 0) is 67.4 Å². The summed E-state index contributed by atoms with van der Waals surface area (Å²) >= 11 is 0. The van der Waals surface area contributed by atoms with Crippen LogP contribution in [0.4, 0.5) is 5.69 Å². The van der Waals surface area contributed by atoms with E-state index in [1.54, 1.807) is 0 Å². The van der Waals surface area contributed by atoms with E-state index in [4.69, 9.17) is 11.2 Å². The van der Waals surface area contributed by atoms with Crippen LogP contribution in [0.5, 0.6) is 5.75 Å². The molecule has 0 spiro atoms. The van der Waals surface area contributed by atoms with Crippen LogP contribution in [0.1, 0.15) is 44.8 Å². The molecule has 0 saturated carbocycles. The van der Waals surface area contributed by atoms with Gasteiger partial charge in [0.1, 0.15) is 5.75 Å². The van der Waals surface area contributed by atoms with E-state index in [0.29, 0.717) is 30.7 Å². The maximum atomic E-state index is 13.5. The average Bonchev–Trinajstić information content (AvgIpc) is 3.02. The van der Waals surface area contributed by atoms with Gasteiger partial charge in [0.15, 0.2) is 0 Å². The number of piperazine rings is 1. The van der Waals surface area contributed by atoms with Crippen molar-refractivity contribution in [3.05, 3.63) is 101 Å². The van der Waals surface area contributed by atoms with Crippen molar-refractivity contribution in [1.29, 1.82) is 0 Å². The highest BCUT2D eigenvalue weighted by Crippen LogP contribution is 2.36. The summed E-state index contributed by atoms with van der Waals surface area (Å²) < 4.78 is 5.79. The van der Waals surface area contributed by atoms with Crippen molar-refractivity contribution in [2.45, 2.75) is 19.4 Å². The minimum absolute atomic E-state index is 0.226. The molecule has 0 radical (unpaired) electrons. The number of imide groups is 1. The predicted octanol–water partition coefficient (Wildman–Crippen LogP) is 4.99. The molecule has 7 nitrogen and oxygen atoms in total. The number of terminal acetylenes is 1. The smallest absolute Gasteiger partial charge is 0.261 e. The van der Waals surface area contributed by atoms with E-state index in [2.05, 4.69) is 26.8 Å². The Morgan fingerprint density at radius 1 is 0.829 bits per heavy atom. The Balaban J connectivity index is 1.10. The topological polar surface area (TPSA) is 66.0 Å². The summed E-state index contributed by atoms with van der Waals surface area (Å²) in [6, 6.07) is 23.1. The van der Waals surface area contributed by atoms with Gasteiger partial charge in [-0.15, -0.1) is 6.42 Å². The lowest BCUT2D eigenvalue weighted by molar-refractivity contribution is 0.0606. The number of amides is 2. The molecule has 0 aliphatic carbocycles. The number of benzene rings is 3. The molecule has 206 valence electrons. The Bertz CT molecular complexity index is 1580. The standard InChI is InChI=1S/C34H32N4O3/c1-2-25-11-13-27(14-12-25)41-23-6-5-18-38-33(39)29-10-7-9-28-31(16-15-30(32(28)29)34(38)40)37-21-19-36(20-22-37)24-26-8-3-4-17-35-26/h1,3-4,7-17H,5-6,18-24H2. The molecule has 2 aliphatic rings. The molecule has 41 heavy (non-hydrogen) atoms. The number of carbonyl (C=O) groups is 2. The Morgan fingerprint density at radius 2 is 1.61 bits per heavy atom. The molecule has 0 unspecified atom stereocenters. The molecule has 2 amide bonds. The number of rotatable bonds is 9. The minimum Gasteiger partial charge on any atom is -0.494 e. The van der Waals surface area contributed by atoms with Crippen LogP contribution in [-0.2, 0) is 6.54 Å². The fourth-order valence-corrected chi connectivity index (χ4v) is 5.69. The highest BCUT2D eigenvalue weighted by Gasteiger charge is 2.33. The van der Waals surface area contributed by atoms with Crippen molar-refractivity contribution in [3.63, 3.8) is 0 Å². The van der Waals surface area contributed by atoms with Gasteiger partial charge in [-0.25, -0.2) is 0 Å². The summed E-state index contributed by atoms with van der Waals surface area (Å²) in [6.45, 7) is 5.27. The van der Waals surface area contributed by atoms with Crippen LogP contribution in [0.25, 0.3) is 10.8 Å². The van der Waals surface area contributed by atoms with Gasteiger partial charge in [0.25, 0.3) is 11.8 Å². The first-order valence-electron chi connectivity index (χ1n) is 14.1. The number of anilines is 1. The molecule has 0 bridgehead atoms. The van der Waals surface area contributed by atoms with E-state index < -0.39 is 0 Å². The number of aromatic nitrogens is 1. The van der Waals surface area contributed by atoms with E-state index >= 15 is 0 Å². The van der Waals surface area contributed by atoms with Crippen LogP contribution in [0.3, 0.4) is 0 Å². The maximum absolute atomic E-state index is 13.5. The lowest BCUT2D eigenvalue weighted by Crippen LogP contribution is -2.46. The molecule has 4 aromatic rings. The number of hydrogen-bond donors (Lipinski definition) is 0. The lowest BCUT2D eigenvalue weighted by atomic mass is 9.92. The number of nitrogens with zero attached hydrogens (tertiary/aromatic N) is 4. The number of carbonyl (C=O) groups excluding carboxylic acids is 2. The molecule has 1 aromatic heterocycles. The number of pyridine rings is 1. The molecule has 0 N–H and O–H groups in total. The Kier molecular flexibility index (Phi) is 7.66. The van der Waals surface area contributed by atoms with Crippen LogP contribution in [-0.4, -0.2) is 65.9 Å². The summed E-state index contributed by atoms with van der Waals surface area (Å²) in [4.78, 5) is 37.6. The summed E-state index contributed by atoms with van der Waals surface area (Å²) in [5.74, 6) is 2.89. The van der Waals surface area contributed by atoms with E-state index in [9.17, 15) is 9.59 Å². The number of ether oxygens (including phenoxy) is 1. The fourth-order valence-electron chi connectivity index (χ4n) is 5.69. The van der Waals surface area contributed by atoms with Crippen LogP contribution in [0, 0.1) is 12.3 Å². The second kappa shape index (κ2) is 11.8. The zero-order valence-corrected chi connectivity index (χ0v) is 23.0. The van der Waals surface area contributed by atoms with Crippen LogP contribution in [0.2, 0.25) is 0 Å². The van der Waals surface area contributed by atoms with Gasteiger partial charge in [-0.1, -0.05) is 24.1 Å². The number of unbranched alkanes of at least 4 members (excludes halogenated alkanes) is 1. The first kappa shape index (κ1) is 26.5. The Morgan fingerprint density at radius 3 is 2.34 bits per heavy atom. The number of hydrogen-bond acceptors (Lipinski definition) is 6. The van der Waals surface area contributed by atoms with Crippen LogP contribution < -0.4 is 9.64 Å². The second-order valence-corrected chi connectivity index (χ2v) is 10.4. The maximum Gasteiger partial charge on any atom is 0.261 e. The highest BCUT2D eigenvalue weighted by atomic mass is 16.5. The van der Waals surface area contributed by atoms with Crippen molar-refractivity contribution in [2.24, 2.45) is 0 Å². The molecule has 3 heterocycles. The van der Waals surface area contributed by atoms with E-state index in [1.807, 2.05) is 72.9 Å². The summed E-state index contributed by atoms with van der Waals surface area (Å²) in [5, 5.41) is 1.73. The minimum atomic E-state index is -0.226. The summed E-state index contributed by atoms with van der Waals surface area (Å²) in [6.07, 6.45) is 8.61. The molecule has 1 saturated heterocycles. The van der Waals surface area contributed by atoms with Crippen LogP contribution >= 0.6 is 0 Å². The van der Waals surface area contributed by atoms with Crippen molar-refractivity contribution in [2.75, 3.05) is 44.2 Å². The third kappa shape index (κ3) is 5.52. The second-order valence-electron chi connectivity index (χ2n) is 10.4. The van der Waals surface area contributed by atoms with Crippen molar-refractivity contribution >= 4 is 28.3 Å². The van der Waals surface area contributed by atoms with Crippen LogP contribution in [0.15, 0.2) is 79.0 Å². The fraction of sp³-hybridized carbons (Fsp3) is 0.265. The molecule has 0 atom stereocenters. The Hall–Kier alpha value is -4.67. The zero-order chi connectivity index (χ0) is 28.2. The molecule has 2 aliphatic heterocycles. The van der Waals surface area contributed by atoms with E-state index in [-0.39, 0.29) is 11.8 Å². The summed E-state index contributed by atoms with van der Waals surface area (Å²) in [5.41, 5.74) is 4.15. The molecular formula is C34H32N4O3. The quantitative estimate of drug-likeness (QED) is 0.168. The molecule has 1 fully saturated rings. The van der Waals surface area contributed by atoms with E-state index in [0.717, 1.165) is 72.6 Å². The summed E-state index contributed by atoms with van der Waals surface area (Å²) in [7, 11) is 0. The molecule has 7 heteroatoms. The van der Waals surface area contributed by atoms with Gasteiger partial charge in [-0.2, -0.15) is 0 Å². The zero-order valence-electron chi connectivity index (χ0n) is 23.0. The first-order valence-corrected chi connectivity index (χ1v) is 14.1. The van der Waals surface area contributed by atoms with Crippen molar-refractivity contribution < 1.29 is 14.3 Å². The van der Waals surface area contributed by atoms with E-state index in [1.165, 1.54) is 4.90 Å². The highest BCUT2D eigenvalue weighted by molar-refractivity contribution is 6.26. The first-order chi connectivity index (χ1) is 20.1. The van der Waals surface area contributed by atoms with Gasteiger partial charge in [0.2, 0.25) is 0 Å². The van der Waals surface area contributed by atoms with Gasteiger partial charge in [0, 0.05) is 78.6 Å². The monoisotopic (exact) mass is 544 g/mol. The third-order valence-corrected chi connectivity index (χ3v) is 7.86.